The molecular weight excluding hydrogens is 123 g/mol. The number of hydrogen-bond acceptors (Lipinski definition) is 2. The van der Waals surface area contributed by atoms with Crippen molar-refractivity contribution in [2.45, 2.75) is 18.5 Å². The molecule has 0 bridgehead atoms. The van der Waals surface area contributed by atoms with E-state index in [-0.39, 0.29) is 11.9 Å². The van der Waals surface area contributed by atoms with E-state index in [1.807, 2.05) is 0 Å². The van der Waals surface area contributed by atoms with Gasteiger partial charge < -0.3 is 11.1 Å². The molecule has 1 aliphatic heterocycles. The number of rotatable bonds is 1. The average Bonchev–Trinajstić information content (AvgIpc) is 2.13. The van der Waals surface area contributed by atoms with E-state index in [1.165, 1.54) is 0 Å². The SMILES string of the molecule is N[C@H]1C[C@@H](CF)NC1=O. The molecule has 0 spiro atoms. The van der Waals surface area contributed by atoms with Crippen LogP contribution in [-0.2, 0) is 4.79 Å². The van der Waals surface area contributed by atoms with E-state index < -0.39 is 12.7 Å². The Morgan fingerprint density at radius 1 is 1.89 bits per heavy atom. The number of amides is 1. The third-order valence-corrected chi connectivity index (χ3v) is 1.41. The summed E-state index contributed by atoms with van der Waals surface area (Å²) < 4.78 is 11.8. The van der Waals surface area contributed by atoms with Crippen molar-refractivity contribution in [3.8, 4) is 0 Å². The van der Waals surface area contributed by atoms with Gasteiger partial charge in [0.25, 0.3) is 0 Å². The van der Waals surface area contributed by atoms with Crippen LogP contribution in [0.3, 0.4) is 0 Å². The largest absolute Gasteiger partial charge is 0.349 e. The van der Waals surface area contributed by atoms with Gasteiger partial charge in [0.2, 0.25) is 5.91 Å². The van der Waals surface area contributed by atoms with Crippen molar-refractivity contribution in [3.63, 3.8) is 0 Å². The van der Waals surface area contributed by atoms with Crippen LogP contribution in [0.1, 0.15) is 6.42 Å². The minimum absolute atomic E-state index is 0.238. The normalized spacial score (nSPS) is 34.7. The van der Waals surface area contributed by atoms with Gasteiger partial charge in [-0.2, -0.15) is 0 Å². The van der Waals surface area contributed by atoms with Gasteiger partial charge in [-0.05, 0) is 6.42 Å². The summed E-state index contributed by atoms with van der Waals surface area (Å²) in [6.45, 7) is -0.514. The van der Waals surface area contributed by atoms with Crippen molar-refractivity contribution >= 4 is 5.91 Å². The van der Waals surface area contributed by atoms with Crippen LogP contribution < -0.4 is 11.1 Å². The lowest BCUT2D eigenvalue weighted by Crippen LogP contribution is -2.31. The molecule has 0 aromatic carbocycles. The molecule has 3 N–H and O–H groups in total. The highest BCUT2D eigenvalue weighted by molar-refractivity contribution is 5.84. The summed E-state index contributed by atoms with van der Waals surface area (Å²) in [5, 5.41) is 2.41. The topological polar surface area (TPSA) is 55.1 Å². The Morgan fingerprint density at radius 3 is 2.78 bits per heavy atom. The van der Waals surface area contributed by atoms with Crippen molar-refractivity contribution in [2.75, 3.05) is 6.67 Å². The van der Waals surface area contributed by atoms with Crippen molar-refractivity contribution in [1.82, 2.24) is 5.32 Å². The zero-order valence-electron chi connectivity index (χ0n) is 4.93. The molecule has 3 nitrogen and oxygen atoms in total. The smallest absolute Gasteiger partial charge is 0.237 e. The van der Waals surface area contributed by atoms with Crippen molar-refractivity contribution in [2.24, 2.45) is 5.73 Å². The molecule has 0 aromatic heterocycles. The van der Waals surface area contributed by atoms with Gasteiger partial charge in [0.05, 0.1) is 12.1 Å². The standard InChI is InChI=1S/C5H9FN2O/c6-2-3-1-4(7)5(9)8-3/h3-4H,1-2,7H2,(H,8,9)/t3-,4-/m0/s1. The van der Waals surface area contributed by atoms with Crippen LogP contribution in [0.2, 0.25) is 0 Å². The quantitative estimate of drug-likeness (QED) is 0.489. The molecule has 1 fully saturated rings. The minimum atomic E-state index is -0.514. The summed E-state index contributed by atoms with van der Waals surface area (Å²) in [6.07, 6.45) is 0.426. The van der Waals surface area contributed by atoms with Gasteiger partial charge in [0.1, 0.15) is 6.67 Å². The molecule has 0 aliphatic carbocycles. The predicted molar refractivity (Wildman–Crippen MR) is 30.5 cm³/mol. The molecule has 1 rings (SSSR count). The number of carbonyl (C=O) groups is 1. The van der Waals surface area contributed by atoms with Crippen LogP contribution in [0.5, 0.6) is 0 Å². The highest BCUT2D eigenvalue weighted by atomic mass is 19.1. The molecule has 0 aromatic rings. The van der Waals surface area contributed by atoms with Crippen LogP contribution >= 0.6 is 0 Å². The van der Waals surface area contributed by atoms with Crippen molar-refractivity contribution < 1.29 is 9.18 Å². The van der Waals surface area contributed by atoms with Crippen molar-refractivity contribution in [1.29, 1.82) is 0 Å². The summed E-state index contributed by atoms with van der Waals surface area (Å²) in [7, 11) is 0. The zero-order valence-corrected chi connectivity index (χ0v) is 4.93. The third-order valence-electron chi connectivity index (χ3n) is 1.41. The Bertz CT molecular complexity index is 128. The lowest BCUT2D eigenvalue weighted by molar-refractivity contribution is -0.120. The summed E-state index contributed by atoms with van der Waals surface area (Å²) in [5.41, 5.74) is 5.27. The van der Waals surface area contributed by atoms with Crippen LogP contribution in [0.25, 0.3) is 0 Å². The summed E-state index contributed by atoms with van der Waals surface area (Å²) in [6, 6.07) is -0.835. The number of halogens is 1. The Hall–Kier alpha value is -0.640. The molecule has 1 heterocycles. The van der Waals surface area contributed by atoms with Crippen molar-refractivity contribution in [3.05, 3.63) is 0 Å². The molecule has 0 unspecified atom stereocenters. The molecular formula is C5H9FN2O. The minimum Gasteiger partial charge on any atom is -0.349 e. The lowest BCUT2D eigenvalue weighted by atomic mass is 10.2. The first-order valence-electron chi connectivity index (χ1n) is 2.86. The van der Waals surface area contributed by atoms with E-state index in [0.717, 1.165) is 0 Å². The maximum Gasteiger partial charge on any atom is 0.237 e. The van der Waals surface area contributed by atoms with Crippen LogP contribution in [0.4, 0.5) is 4.39 Å². The average molecular weight is 132 g/mol. The number of hydrogen-bond donors (Lipinski definition) is 2. The number of carbonyl (C=O) groups excluding carboxylic acids is 1. The third kappa shape index (κ3) is 1.18. The first kappa shape index (κ1) is 6.48. The Morgan fingerprint density at radius 2 is 2.56 bits per heavy atom. The molecule has 0 radical (unpaired) electrons. The van der Waals surface area contributed by atoms with Crippen LogP contribution in [0, 0.1) is 0 Å². The summed E-state index contributed by atoms with van der Waals surface area (Å²) in [5.74, 6) is -0.238. The highest BCUT2D eigenvalue weighted by Gasteiger charge is 2.28. The molecule has 1 saturated heterocycles. The maximum absolute atomic E-state index is 11.8. The van der Waals surface area contributed by atoms with Gasteiger partial charge in [-0.1, -0.05) is 0 Å². The molecule has 1 aliphatic rings. The fourth-order valence-corrected chi connectivity index (χ4v) is 0.882. The van der Waals surface area contributed by atoms with Gasteiger partial charge in [-0.15, -0.1) is 0 Å². The van der Waals surface area contributed by atoms with Gasteiger partial charge in [-0.3, -0.25) is 4.79 Å². The highest BCUT2D eigenvalue weighted by Crippen LogP contribution is 2.05. The Balaban J connectivity index is 2.44. The van der Waals surface area contributed by atoms with E-state index in [0.29, 0.717) is 6.42 Å². The van der Waals surface area contributed by atoms with E-state index in [4.69, 9.17) is 5.73 Å². The monoisotopic (exact) mass is 132 g/mol. The lowest BCUT2D eigenvalue weighted by Gasteiger charge is -1.99. The van der Waals surface area contributed by atoms with Gasteiger partial charge in [0.15, 0.2) is 0 Å². The molecule has 4 heteroatoms. The fraction of sp³-hybridized carbons (Fsp3) is 0.800. The first-order valence-corrected chi connectivity index (χ1v) is 2.86. The number of nitrogens with two attached hydrogens (primary N) is 1. The molecule has 1 amide bonds. The zero-order chi connectivity index (χ0) is 6.85. The second-order valence-electron chi connectivity index (χ2n) is 2.20. The summed E-state index contributed by atoms with van der Waals surface area (Å²) >= 11 is 0. The van der Waals surface area contributed by atoms with Crippen LogP contribution in [-0.4, -0.2) is 24.7 Å². The Labute approximate surface area is 52.4 Å². The molecule has 52 valence electrons. The van der Waals surface area contributed by atoms with Gasteiger partial charge in [0, 0.05) is 0 Å². The van der Waals surface area contributed by atoms with E-state index in [2.05, 4.69) is 5.32 Å². The second-order valence-corrected chi connectivity index (χ2v) is 2.20. The van der Waals surface area contributed by atoms with E-state index in [1.54, 1.807) is 0 Å². The molecule has 9 heavy (non-hydrogen) atoms. The number of nitrogens with one attached hydrogen (secondary N) is 1. The number of alkyl halides is 1. The molecule has 2 atom stereocenters. The maximum atomic E-state index is 11.8. The van der Waals surface area contributed by atoms with Gasteiger partial charge in [-0.25, -0.2) is 4.39 Å². The summed E-state index contributed by atoms with van der Waals surface area (Å²) in [4.78, 5) is 10.5. The van der Waals surface area contributed by atoms with Crippen LogP contribution in [0.15, 0.2) is 0 Å². The van der Waals surface area contributed by atoms with Gasteiger partial charge >= 0.3 is 0 Å². The first-order chi connectivity index (χ1) is 4.24. The fourth-order valence-electron chi connectivity index (χ4n) is 0.882. The van der Waals surface area contributed by atoms with E-state index >= 15 is 0 Å². The predicted octanol–water partition coefficient (Wildman–Crippen LogP) is -0.828. The molecule has 0 saturated carbocycles. The Kier molecular flexibility index (Phi) is 1.66. The van der Waals surface area contributed by atoms with E-state index in [9.17, 15) is 9.18 Å². The second kappa shape index (κ2) is 2.31.